The van der Waals surface area contributed by atoms with Crippen LogP contribution in [-0.4, -0.2) is 173 Å². The topological polar surface area (TPSA) is 428 Å². The summed E-state index contributed by atoms with van der Waals surface area (Å²) in [6, 6.07) is 15.7. The van der Waals surface area contributed by atoms with Crippen LogP contribution in [0.5, 0.6) is 5.75 Å². The summed E-state index contributed by atoms with van der Waals surface area (Å²) in [6.45, 7) is 1.01. The molecule has 0 spiro atoms. The van der Waals surface area contributed by atoms with E-state index in [1.54, 1.807) is 30.5 Å². The molecule has 0 saturated carbocycles. The van der Waals surface area contributed by atoms with E-state index in [1.165, 1.54) is 96.5 Å². The average Bonchev–Trinajstić information content (AvgIpc) is 1.36. The number of hydrogen-bond donors (Lipinski definition) is 14. The first-order valence-corrected chi connectivity index (χ1v) is 35.3. The number of phenolic OH excluding ortho intramolecular Hbond substituents is 1. The number of aromatic nitrogens is 4. The number of phenols is 1. The number of aromatic hydroxyl groups is 1. The van der Waals surface area contributed by atoms with E-state index in [0.717, 1.165) is 11.1 Å². The molecule has 2 bridgehead atoms. The van der Waals surface area contributed by atoms with E-state index in [1.807, 2.05) is 24.3 Å². The van der Waals surface area contributed by atoms with Gasteiger partial charge in [0.2, 0.25) is 53.2 Å². The van der Waals surface area contributed by atoms with Gasteiger partial charge >= 0.3 is 5.97 Å². The number of para-hydroxylation sites is 1. The van der Waals surface area contributed by atoms with Gasteiger partial charge in [0.25, 0.3) is 0 Å². The molecule has 530 valence electrons. The smallest absolute Gasteiger partial charge is 0.305 e. The van der Waals surface area contributed by atoms with Crippen LogP contribution >= 0.6 is 23.5 Å². The Bertz CT molecular complexity index is 4100. The lowest BCUT2D eigenvalue weighted by molar-refractivity contribution is -0.143. The summed E-state index contributed by atoms with van der Waals surface area (Å²) >= 11 is 2.88. The van der Waals surface area contributed by atoms with Crippen molar-refractivity contribution in [3.05, 3.63) is 155 Å². The number of carboxylic acids is 1. The maximum Gasteiger partial charge on any atom is 0.305 e. The number of ketones is 1. The number of carbonyl (C=O) groups excluding carboxylic acids is 10. The molecule has 16 N–H and O–H groups in total. The van der Waals surface area contributed by atoms with E-state index in [-0.39, 0.29) is 69.4 Å². The average molecular weight is 1410 g/mol. The number of halogens is 1. The zero-order valence-electron chi connectivity index (χ0n) is 55.1. The van der Waals surface area contributed by atoms with E-state index in [9.17, 15) is 48.2 Å². The maximum atomic E-state index is 15.4. The molecule has 8 atom stereocenters. The number of carboxylic acid groups (broad SMARTS) is 1. The number of nitrogens with zero attached hydrogens (tertiary/aromatic N) is 2. The number of unbranched alkanes of at least 4 members (excludes halogenated alkanes) is 1. The predicted octanol–water partition coefficient (Wildman–Crippen LogP) is 3.13. The number of amides is 9. The zero-order chi connectivity index (χ0) is 71.5. The number of carbonyl (C=O) groups is 11. The molecule has 100 heavy (non-hydrogen) atoms. The quantitative estimate of drug-likeness (QED) is 0.0656. The lowest BCUT2D eigenvalue weighted by Crippen LogP contribution is -2.65. The number of thioether (sulfide) groups is 2. The molecular formula is C70H83FN14O13S2. The minimum atomic E-state index is -2.15. The first kappa shape index (κ1) is 74.2. The van der Waals surface area contributed by atoms with Gasteiger partial charge in [0.15, 0.2) is 5.78 Å². The van der Waals surface area contributed by atoms with Gasteiger partial charge in [0.1, 0.15) is 47.3 Å². The molecular weight excluding hydrogens is 1330 g/mol. The van der Waals surface area contributed by atoms with Crippen molar-refractivity contribution in [1.82, 2.24) is 62.1 Å². The van der Waals surface area contributed by atoms with Crippen molar-refractivity contribution in [3.8, 4) is 5.75 Å². The number of hydrogen-bond acceptors (Lipinski definition) is 16. The van der Waals surface area contributed by atoms with Crippen LogP contribution in [0.15, 0.2) is 116 Å². The molecule has 1 fully saturated rings. The van der Waals surface area contributed by atoms with Crippen LogP contribution in [0.1, 0.15) is 91.8 Å². The number of nitrogens with two attached hydrogens (primary N) is 2. The van der Waals surface area contributed by atoms with Crippen molar-refractivity contribution >= 4 is 110 Å². The van der Waals surface area contributed by atoms with Crippen LogP contribution in [0.2, 0.25) is 0 Å². The fraction of sp³-hybridized carbons (Fsp3) is 0.400. The zero-order valence-corrected chi connectivity index (χ0v) is 56.7. The molecule has 4 aromatic carbocycles. The largest absolute Gasteiger partial charge is 0.508 e. The van der Waals surface area contributed by atoms with Gasteiger partial charge in [-0.2, -0.15) is 23.5 Å². The Kier molecular flexibility index (Phi) is 26.0. The van der Waals surface area contributed by atoms with Crippen molar-refractivity contribution in [2.75, 3.05) is 31.1 Å². The molecule has 9 amide bonds. The van der Waals surface area contributed by atoms with Crippen LogP contribution in [-0.2, 0) is 89.9 Å². The van der Waals surface area contributed by atoms with Gasteiger partial charge in [-0.05, 0) is 110 Å². The van der Waals surface area contributed by atoms with Crippen molar-refractivity contribution in [2.24, 2.45) is 17.4 Å². The molecule has 9 rings (SSSR count). The van der Waals surface area contributed by atoms with E-state index in [4.69, 9.17) is 11.5 Å². The number of aliphatic carboxylic acids is 1. The fourth-order valence-corrected chi connectivity index (χ4v) is 14.3. The lowest BCUT2D eigenvalue weighted by atomic mass is 9.90. The fourth-order valence-electron chi connectivity index (χ4n) is 12.3. The number of fused-ring (bicyclic) bond motifs is 5. The molecule has 27 nitrogen and oxygen atoms in total. The van der Waals surface area contributed by atoms with Crippen LogP contribution in [0.4, 0.5) is 4.39 Å². The summed E-state index contributed by atoms with van der Waals surface area (Å²) in [5.74, 6) is -9.79. The molecule has 5 heterocycles. The number of imidazole rings is 1. The molecule has 3 aromatic heterocycles. The molecule has 0 radical (unpaired) electrons. The number of nitrogens with one attached hydrogen (secondary N) is 10. The highest BCUT2D eigenvalue weighted by Crippen LogP contribution is 2.29. The van der Waals surface area contributed by atoms with Gasteiger partial charge in [0, 0.05) is 114 Å². The Morgan fingerprint density at radius 3 is 2.14 bits per heavy atom. The summed E-state index contributed by atoms with van der Waals surface area (Å²) < 4.78 is 14.9. The number of H-pyrrole nitrogens is 3. The van der Waals surface area contributed by atoms with Gasteiger partial charge in [-0.3, -0.25) is 52.7 Å². The minimum absolute atomic E-state index is 0.0324. The Balaban J connectivity index is 1.06. The normalized spacial score (nSPS) is 22.9. The Hall–Kier alpha value is -10.1. The monoisotopic (exact) mass is 1410 g/mol. The third kappa shape index (κ3) is 20.5. The summed E-state index contributed by atoms with van der Waals surface area (Å²) in [5, 5.41) is 40.2. The highest BCUT2D eigenvalue weighted by molar-refractivity contribution is 7.98. The van der Waals surface area contributed by atoms with Crippen LogP contribution in [0.3, 0.4) is 0 Å². The number of aromatic amines is 3. The molecule has 2 aliphatic heterocycles. The molecule has 0 unspecified atom stereocenters. The lowest BCUT2D eigenvalue weighted by Gasteiger charge is -2.33. The van der Waals surface area contributed by atoms with Crippen molar-refractivity contribution in [1.29, 1.82) is 0 Å². The first-order valence-electron chi connectivity index (χ1n) is 33.0. The summed E-state index contributed by atoms with van der Waals surface area (Å²) in [7, 11) is 0. The van der Waals surface area contributed by atoms with E-state index in [2.05, 4.69) is 57.2 Å². The first-order chi connectivity index (χ1) is 48.0. The van der Waals surface area contributed by atoms with E-state index < -0.39 is 131 Å². The number of rotatable bonds is 15. The van der Waals surface area contributed by atoms with Gasteiger partial charge in [-0.25, -0.2) is 9.37 Å². The molecule has 7 aromatic rings. The van der Waals surface area contributed by atoms with Crippen LogP contribution in [0.25, 0.3) is 21.8 Å². The SMILES string of the molecule is C[C@@]1(Cc2c[nH]c3ccccc23)NC(=O)[C@H](Cc2c[nH]c3ccc(F)cc23)NC(=O)CNC(=O)[C@H](CCCCN)NC(=O)CCSCc2cccc(c2)CSC[C@@H](C(N)=O)CC(=O)[C@@H]2CCCN2C(=O)[C@H](Cc2ccc(O)cc2)NC(=O)[C@H](Cc2cnc[nH]2)NC(=O)[C@H](CC(=O)O)NC1=O. The van der Waals surface area contributed by atoms with Gasteiger partial charge in [-0.1, -0.05) is 54.6 Å². The third-order valence-corrected chi connectivity index (χ3v) is 19.8. The number of benzene rings is 4. The van der Waals surface area contributed by atoms with E-state index in [0.29, 0.717) is 87.3 Å². The van der Waals surface area contributed by atoms with E-state index >= 15 is 19.2 Å². The summed E-state index contributed by atoms with van der Waals surface area (Å²) in [5.41, 5.74) is 14.1. The summed E-state index contributed by atoms with van der Waals surface area (Å²) in [4.78, 5) is 172. The second-order valence-electron chi connectivity index (χ2n) is 25.3. The van der Waals surface area contributed by atoms with Crippen LogP contribution < -0.4 is 48.7 Å². The highest BCUT2D eigenvalue weighted by atomic mass is 32.2. The van der Waals surface area contributed by atoms with Crippen molar-refractivity contribution in [2.45, 2.75) is 137 Å². The van der Waals surface area contributed by atoms with Gasteiger partial charge in [-0.15, -0.1) is 0 Å². The highest BCUT2D eigenvalue weighted by Gasteiger charge is 2.43. The Morgan fingerprint density at radius 2 is 1.41 bits per heavy atom. The molecule has 0 aliphatic carbocycles. The second-order valence-corrected chi connectivity index (χ2v) is 27.4. The van der Waals surface area contributed by atoms with Crippen molar-refractivity contribution < 1.29 is 67.3 Å². The predicted molar refractivity (Wildman–Crippen MR) is 373 cm³/mol. The number of Topliss-reactive ketones (excluding diaryl/α,β-unsaturated/α-hetero) is 1. The van der Waals surface area contributed by atoms with Crippen LogP contribution in [0, 0.1) is 11.7 Å². The Labute approximate surface area is 583 Å². The standard InChI is InChI=1S/C70H83FN14O13S2/c1-70(31-45-33-76-51-11-3-2-10-49(45)51)69(98)83-56(30-62(90)91)66(95)81-55(29-47-34-74-39-78-47)65(94)82-57(25-40-14-17-48(86)18-15-40)68(97)85-22-7-13-58(85)59(87)27-44(63(73)92)38-100-37-42-9-6-8-41(24-42)36-99-23-20-60(88)79-53(12-4-5-21-72)64(93)77-35-61(89)80-54(67(96)84-70)26-43-32-75-52-19-16-46(71)28-50(43)52/h2-3,6,8-11,14-19,24,28,32-34,39,44,53-58,75-76,86H,4-5,7,12-13,20-23,25-27,29-31,35-38,72H2,1H3,(H2,73,92)(H,74,78)(H,77,93)(H,79,88)(H,80,89)(H,81,95)(H,82,94)(H,83,98)(H,84,96)(H,90,91)/t44-,53-,54-,55-,56-,57-,58-,70-/m0/s1. The third-order valence-electron chi connectivity index (χ3n) is 17.6. The van der Waals surface area contributed by atoms with Gasteiger partial charge < -0.3 is 78.7 Å². The number of primary amides is 1. The molecule has 2 aliphatic rings. The van der Waals surface area contributed by atoms with Gasteiger partial charge in [0.05, 0.1) is 31.3 Å². The molecule has 1 saturated heterocycles. The van der Waals surface area contributed by atoms with Crippen molar-refractivity contribution in [3.63, 3.8) is 0 Å². The minimum Gasteiger partial charge on any atom is -0.508 e. The molecule has 30 heteroatoms. The Morgan fingerprint density at radius 1 is 0.710 bits per heavy atom. The summed E-state index contributed by atoms with van der Waals surface area (Å²) in [6.07, 6.45) is 4.99. The maximum absolute atomic E-state index is 15.4. The second kappa shape index (κ2) is 35.1.